The van der Waals surface area contributed by atoms with Crippen LogP contribution in [0.1, 0.15) is 28.0 Å². The van der Waals surface area contributed by atoms with Gasteiger partial charge in [0.2, 0.25) is 0 Å². The van der Waals surface area contributed by atoms with E-state index < -0.39 is 0 Å². The Morgan fingerprint density at radius 1 is 1.24 bits per heavy atom. The standard InChI is InChI=1S/C16H18BrClO3/c1-10-8-13(11(2)21-10)16(18)12-4-5-15(14(17)9-12)20-7-6-19-3/h4-5,8-9,16H,6-7H2,1-3H3. The summed E-state index contributed by atoms with van der Waals surface area (Å²) in [7, 11) is 1.65. The Hall–Kier alpha value is -0.970. The summed E-state index contributed by atoms with van der Waals surface area (Å²) < 4.78 is 17.0. The van der Waals surface area contributed by atoms with E-state index in [4.69, 9.17) is 25.5 Å². The molecule has 0 fully saturated rings. The van der Waals surface area contributed by atoms with Gasteiger partial charge in [0, 0.05) is 12.7 Å². The fraction of sp³-hybridized carbons (Fsp3) is 0.375. The predicted molar refractivity (Wildman–Crippen MR) is 87.4 cm³/mol. The van der Waals surface area contributed by atoms with E-state index in [1.54, 1.807) is 7.11 Å². The number of benzene rings is 1. The van der Waals surface area contributed by atoms with E-state index in [0.29, 0.717) is 13.2 Å². The van der Waals surface area contributed by atoms with Gasteiger partial charge in [-0.25, -0.2) is 0 Å². The van der Waals surface area contributed by atoms with Crippen molar-refractivity contribution in [2.75, 3.05) is 20.3 Å². The highest BCUT2D eigenvalue weighted by Gasteiger charge is 2.18. The zero-order chi connectivity index (χ0) is 15.4. The molecule has 0 aliphatic rings. The number of furan rings is 1. The topological polar surface area (TPSA) is 31.6 Å². The molecule has 3 nitrogen and oxygen atoms in total. The monoisotopic (exact) mass is 372 g/mol. The maximum absolute atomic E-state index is 6.56. The van der Waals surface area contributed by atoms with Crippen molar-refractivity contribution in [3.63, 3.8) is 0 Å². The van der Waals surface area contributed by atoms with Crippen LogP contribution in [0.3, 0.4) is 0 Å². The van der Waals surface area contributed by atoms with Crippen molar-refractivity contribution >= 4 is 27.5 Å². The number of hydrogen-bond donors (Lipinski definition) is 0. The lowest BCUT2D eigenvalue weighted by molar-refractivity contribution is 0.146. The van der Waals surface area contributed by atoms with Crippen molar-refractivity contribution in [3.05, 3.63) is 51.4 Å². The Labute approximate surface area is 138 Å². The van der Waals surface area contributed by atoms with Crippen molar-refractivity contribution in [1.29, 1.82) is 0 Å². The Bertz CT molecular complexity index is 610. The normalized spacial score (nSPS) is 12.4. The van der Waals surface area contributed by atoms with E-state index in [0.717, 1.165) is 32.9 Å². The first kappa shape index (κ1) is 16.4. The molecule has 5 heteroatoms. The molecule has 0 N–H and O–H groups in total. The minimum atomic E-state index is -0.244. The quantitative estimate of drug-likeness (QED) is 0.527. The molecule has 0 spiro atoms. The molecule has 0 bridgehead atoms. The summed E-state index contributed by atoms with van der Waals surface area (Å²) in [5.41, 5.74) is 1.99. The van der Waals surface area contributed by atoms with E-state index in [2.05, 4.69) is 15.9 Å². The first-order valence-corrected chi connectivity index (χ1v) is 7.88. The number of aryl methyl sites for hydroxylation is 2. The van der Waals surface area contributed by atoms with Crippen LogP contribution in [0.25, 0.3) is 0 Å². The third-order valence-corrected chi connectivity index (χ3v) is 4.25. The van der Waals surface area contributed by atoms with Crippen LogP contribution in [-0.2, 0) is 4.74 Å². The zero-order valence-electron chi connectivity index (χ0n) is 12.3. The summed E-state index contributed by atoms with van der Waals surface area (Å²) >= 11 is 10.1. The predicted octanol–water partition coefficient (Wildman–Crippen LogP) is 5.01. The van der Waals surface area contributed by atoms with Crippen LogP contribution in [0.4, 0.5) is 0 Å². The number of halogens is 2. The summed E-state index contributed by atoms with van der Waals surface area (Å²) in [6, 6.07) is 7.82. The second kappa shape index (κ2) is 7.34. The van der Waals surface area contributed by atoms with Gasteiger partial charge >= 0.3 is 0 Å². The first-order valence-electron chi connectivity index (χ1n) is 6.65. The molecule has 1 atom stereocenters. The number of hydrogen-bond acceptors (Lipinski definition) is 3. The van der Waals surface area contributed by atoms with E-state index in [9.17, 15) is 0 Å². The van der Waals surface area contributed by atoms with Crippen molar-refractivity contribution in [1.82, 2.24) is 0 Å². The average Bonchev–Trinajstić information content (AvgIpc) is 2.79. The second-order valence-corrected chi connectivity index (χ2v) is 6.05. The zero-order valence-corrected chi connectivity index (χ0v) is 14.6. The van der Waals surface area contributed by atoms with Gasteiger partial charge in [-0.1, -0.05) is 6.07 Å². The van der Waals surface area contributed by atoms with Crippen LogP contribution in [-0.4, -0.2) is 20.3 Å². The molecule has 114 valence electrons. The van der Waals surface area contributed by atoms with Crippen molar-refractivity contribution < 1.29 is 13.9 Å². The molecule has 1 aromatic heterocycles. The van der Waals surface area contributed by atoms with Crippen LogP contribution in [0.2, 0.25) is 0 Å². The van der Waals surface area contributed by atoms with E-state index in [-0.39, 0.29) is 5.38 Å². The third kappa shape index (κ3) is 4.02. The van der Waals surface area contributed by atoms with Crippen molar-refractivity contribution in [2.45, 2.75) is 19.2 Å². The van der Waals surface area contributed by atoms with Crippen LogP contribution in [0, 0.1) is 13.8 Å². The van der Waals surface area contributed by atoms with Gasteiger partial charge in [-0.05, 0) is 53.5 Å². The highest BCUT2D eigenvalue weighted by molar-refractivity contribution is 9.10. The van der Waals surface area contributed by atoms with E-state index in [1.165, 1.54) is 0 Å². The molecule has 0 aliphatic carbocycles. The lowest BCUT2D eigenvalue weighted by atomic mass is 10.0. The van der Waals surface area contributed by atoms with Crippen LogP contribution in [0.5, 0.6) is 5.75 Å². The summed E-state index contributed by atoms with van der Waals surface area (Å²) in [5, 5.41) is -0.244. The Kier molecular flexibility index (Phi) is 5.73. The molecule has 0 radical (unpaired) electrons. The number of alkyl halides is 1. The third-order valence-electron chi connectivity index (χ3n) is 3.15. The molecule has 1 heterocycles. The van der Waals surface area contributed by atoms with Gasteiger partial charge in [0.25, 0.3) is 0 Å². The molecule has 1 aromatic carbocycles. The molecular weight excluding hydrogens is 356 g/mol. The second-order valence-electron chi connectivity index (χ2n) is 4.76. The number of methoxy groups -OCH3 is 1. The molecule has 0 saturated heterocycles. The van der Waals surface area contributed by atoms with E-state index >= 15 is 0 Å². The van der Waals surface area contributed by atoms with Crippen molar-refractivity contribution in [3.8, 4) is 5.75 Å². The Morgan fingerprint density at radius 2 is 2.00 bits per heavy atom. The van der Waals surface area contributed by atoms with Crippen LogP contribution < -0.4 is 4.74 Å². The molecule has 21 heavy (non-hydrogen) atoms. The van der Waals surface area contributed by atoms with Gasteiger partial charge in [0.05, 0.1) is 16.5 Å². The van der Waals surface area contributed by atoms with Crippen LogP contribution >= 0.6 is 27.5 Å². The smallest absolute Gasteiger partial charge is 0.133 e. The number of rotatable bonds is 6. The van der Waals surface area contributed by atoms with Crippen molar-refractivity contribution in [2.24, 2.45) is 0 Å². The molecule has 0 amide bonds. The molecule has 0 aliphatic heterocycles. The minimum Gasteiger partial charge on any atom is -0.490 e. The summed E-state index contributed by atoms with van der Waals surface area (Å²) in [5.74, 6) is 2.50. The SMILES string of the molecule is COCCOc1ccc(C(Cl)c2cc(C)oc2C)cc1Br. The van der Waals surface area contributed by atoms with E-state index in [1.807, 2.05) is 38.1 Å². The Morgan fingerprint density at radius 3 is 2.57 bits per heavy atom. The molecule has 2 aromatic rings. The first-order chi connectivity index (χ1) is 10.0. The molecular formula is C16H18BrClO3. The van der Waals surface area contributed by atoms with Gasteiger partial charge in [0.15, 0.2) is 0 Å². The van der Waals surface area contributed by atoms with Gasteiger partial charge < -0.3 is 13.9 Å². The maximum atomic E-state index is 6.56. The largest absolute Gasteiger partial charge is 0.490 e. The molecule has 0 saturated carbocycles. The fourth-order valence-electron chi connectivity index (χ4n) is 2.11. The summed E-state index contributed by atoms with van der Waals surface area (Å²) in [6.45, 7) is 4.91. The van der Waals surface area contributed by atoms with Gasteiger partial charge in [0.1, 0.15) is 23.9 Å². The lowest BCUT2D eigenvalue weighted by Crippen LogP contribution is -2.05. The Balaban J connectivity index is 2.17. The fourth-order valence-corrected chi connectivity index (χ4v) is 2.97. The highest BCUT2D eigenvalue weighted by Crippen LogP contribution is 2.36. The average molecular weight is 374 g/mol. The number of ether oxygens (including phenoxy) is 2. The van der Waals surface area contributed by atoms with Gasteiger partial charge in [-0.2, -0.15) is 0 Å². The van der Waals surface area contributed by atoms with Gasteiger partial charge in [-0.3, -0.25) is 0 Å². The lowest BCUT2D eigenvalue weighted by Gasteiger charge is -2.12. The molecule has 1 unspecified atom stereocenters. The van der Waals surface area contributed by atoms with Gasteiger partial charge in [-0.15, -0.1) is 11.6 Å². The summed E-state index contributed by atoms with van der Waals surface area (Å²) in [4.78, 5) is 0. The maximum Gasteiger partial charge on any atom is 0.133 e. The molecule has 2 rings (SSSR count). The van der Waals surface area contributed by atoms with Crippen LogP contribution in [0.15, 0.2) is 33.2 Å². The summed E-state index contributed by atoms with van der Waals surface area (Å²) in [6.07, 6.45) is 0. The highest BCUT2D eigenvalue weighted by atomic mass is 79.9. The minimum absolute atomic E-state index is 0.244.